The highest BCUT2D eigenvalue weighted by atomic mass is 32.1. The van der Waals surface area contributed by atoms with E-state index in [1.165, 1.54) is 41.7 Å². The Kier molecular flexibility index (Phi) is 6.80. The van der Waals surface area contributed by atoms with E-state index in [2.05, 4.69) is 15.3 Å². The Morgan fingerprint density at radius 3 is 2.60 bits per heavy atom. The Hall–Kier alpha value is -4.01. The van der Waals surface area contributed by atoms with E-state index in [0.29, 0.717) is 22.6 Å². The molecule has 3 aromatic heterocycles. The first kappa shape index (κ1) is 27.6. The highest BCUT2D eigenvalue weighted by Gasteiger charge is 2.46. The van der Waals surface area contributed by atoms with Crippen LogP contribution in [0.5, 0.6) is 0 Å². The van der Waals surface area contributed by atoms with Crippen LogP contribution < -0.4 is 21.5 Å². The van der Waals surface area contributed by atoms with Crippen molar-refractivity contribution in [3.05, 3.63) is 56.1 Å². The first-order valence-corrected chi connectivity index (χ1v) is 13.1. The summed E-state index contributed by atoms with van der Waals surface area (Å²) >= 11 is 1.14. The summed E-state index contributed by atoms with van der Waals surface area (Å²) in [7, 11) is 2.81. The summed E-state index contributed by atoms with van der Waals surface area (Å²) in [5, 5.41) is 2.91. The Bertz CT molecular complexity index is 1750. The molecule has 1 N–H and O–H groups in total. The van der Waals surface area contributed by atoms with E-state index in [9.17, 15) is 27.6 Å². The number of hydrogen-bond acceptors (Lipinski definition) is 7. The number of alkyl halides is 3. The molecule has 1 aromatic carbocycles. The van der Waals surface area contributed by atoms with E-state index in [1.807, 2.05) is 0 Å². The summed E-state index contributed by atoms with van der Waals surface area (Å²) < 4.78 is 58.7. The first-order valence-electron chi connectivity index (χ1n) is 12.3. The molecule has 0 bridgehead atoms. The Morgan fingerprint density at radius 2 is 1.93 bits per heavy atom. The normalized spacial score (nSPS) is 16.6. The van der Waals surface area contributed by atoms with Gasteiger partial charge in [-0.15, -0.1) is 11.3 Å². The van der Waals surface area contributed by atoms with Crippen molar-refractivity contribution in [2.24, 2.45) is 14.1 Å². The maximum absolute atomic E-state index is 15.0. The van der Waals surface area contributed by atoms with Crippen LogP contribution in [0.3, 0.4) is 0 Å². The lowest BCUT2D eigenvalue weighted by Gasteiger charge is -2.28. The number of benzene rings is 1. The predicted molar refractivity (Wildman–Crippen MR) is 142 cm³/mol. The van der Waals surface area contributed by atoms with Crippen molar-refractivity contribution in [3.8, 4) is 11.3 Å². The third-order valence-electron chi connectivity index (χ3n) is 7.16. The highest BCUT2D eigenvalue weighted by Crippen LogP contribution is 2.39. The second kappa shape index (κ2) is 9.87. The molecule has 0 radical (unpaired) electrons. The van der Waals surface area contributed by atoms with Crippen LogP contribution in [-0.2, 0) is 18.9 Å². The van der Waals surface area contributed by atoms with Crippen LogP contribution in [0.25, 0.3) is 22.4 Å². The summed E-state index contributed by atoms with van der Waals surface area (Å²) in [6.45, 7) is 3.40. The summed E-state index contributed by atoms with van der Waals surface area (Å²) in [4.78, 5) is 48.3. The number of nitrogens with zero attached hydrogens (tertiary/aromatic N) is 6. The number of anilines is 2. The molecule has 0 saturated carbocycles. The largest absolute Gasteiger partial charge is 0.408 e. The van der Waals surface area contributed by atoms with Crippen molar-refractivity contribution in [2.75, 3.05) is 16.8 Å². The molecular weight excluding hydrogens is 554 g/mol. The number of rotatable bonds is 5. The lowest BCUT2D eigenvalue weighted by molar-refractivity contribution is -0.146. The first-order chi connectivity index (χ1) is 18.8. The van der Waals surface area contributed by atoms with Gasteiger partial charge in [0.1, 0.15) is 17.9 Å². The van der Waals surface area contributed by atoms with E-state index in [1.54, 1.807) is 13.8 Å². The fourth-order valence-corrected chi connectivity index (χ4v) is 5.83. The molecule has 40 heavy (non-hydrogen) atoms. The maximum Gasteiger partial charge on any atom is 0.408 e. The van der Waals surface area contributed by atoms with Gasteiger partial charge in [0.05, 0.1) is 17.7 Å². The van der Waals surface area contributed by atoms with E-state index in [0.717, 1.165) is 26.9 Å². The molecule has 0 unspecified atom stereocenters. The van der Waals surface area contributed by atoms with Crippen LogP contribution in [0.15, 0.2) is 34.1 Å². The van der Waals surface area contributed by atoms with Crippen LogP contribution >= 0.6 is 11.3 Å². The number of aromatic nitrogens is 5. The Labute approximate surface area is 228 Å². The van der Waals surface area contributed by atoms with Crippen molar-refractivity contribution >= 4 is 39.2 Å². The molecule has 4 heterocycles. The minimum absolute atomic E-state index is 0.0844. The minimum Gasteiger partial charge on any atom is -0.357 e. The monoisotopic (exact) mass is 579 g/mol. The van der Waals surface area contributed by atoms with Gasteiger partial charge in [0.25, 0.3) is 5.56 Å². The third-order valence-corrected chi connectivity index (χ3v) is 8.04. The van der Waals surface area contributed by atoms with Crippen molar-refractivity contribution in [1.29, 1.82) is 0 Å². The fraction of sp³-hybridized carbons (Fsp3) is 0.400. The summed E-state index contributed by atoms with van der Waals surface area (Å²) in [6.07, 6.45) is -2.91. The number of halogens is 4. The number of hydrogen-bond donors (Lipinski definition) is 1. The molecule has 1 fully saturated rings. The lowest BCUT2D eigenvalue weighted by Crippen LogP contribution is -2.41. The molecule has 15 heteroatoms. The maximum atomic E-state index is 15.0. The van der Waals surface area contributed by atoms with Gasteiger partial charge in [0.2, 0.25) is 5.91 Å². The Balaban J connectivity index is 1.39. The van der Waals surface area contributed by atoms with E-state index in [4.69, 9.17) is 0 Å². The number of carbonyl (C=O) groups is 1. The zero-order valence-corrected chi connectivity index (χ0v) is 22.7. The molecule has 4 aromatic rings. The van der Waals surface area contributed by atoms with Gasteiger partial charge in [0.15, 0.2) is 16.3 Å². The minimum atomic E-state index is -4.45. The lowest BCUT2D eigenvalue weighted by atomic mass is 10.1. The Morgan fingerprint density at radius 1 is 1.20 bits per heavy atom. The standard InChI is InChI=1S/C25H25F4N7O3S/c1-12(36-11-30-20-19(36)22(38)34(4)24(39)33(20)3)21(37)32-23-31-18(13(2)40-23)14-7-8-16(15(26)10-14)35-9-5-6-17(35)25(27,28)29/h7-8,10-12,17H,5-6,9H2,1-4H3,(H,31,32,37)/t12-,17-/m0/s1. The van der Waals surface area contributed by atoms with Crippen molar-refractivity contribution in [1.82, 2.24) is 23.7 Å². The van der Waals surface area contributed by atoms with Crippen molar-refractivity contribution in [3.63, 3.8) is 0 Å². The average molecular weight is 580 g/mol. The number of aryl methyl sites for hydroxylation is 2. The number of carbonyl (C=O) groups excluding carboxylic acids is 1. The molecule has 5 rings (SSSR count). The molecule has 1 aliphatic heterocycles. The average Bonchev–Trinajstić information content (AvgIpc) is 3.64. The molecule has 2 atom stereocenters. The van der Waals surface area contributed by atoms with Gasteiger partial charge in [-0.3, -0.25) is 18.7 Å². The van der Waals surface area contributed by atoms with Crippen LogP contribution in [0.4, 0.5) is 28.4 Å². The fourth-order valence-electron chi connectivity index (χ4n) is 4.99. The highest BCUT2D eigenvalue weighted by molar-refractivity contribution is 7.16. The SMILES string of the molecule is Cc1sc(NC(=O)[C@H](C)n2cnc3c2c(=O)n(C)c(=O)n3C)nc1-c1ccc(N2CCC[C@H]2C(F)(F)F)c(F)c1. The summed E-state index contributed by atoms with van der Waals surface area (Å²) in [6, 6.07) is 1.36. The number of thiazole rings is 1. The summed E-state index contributed by atoms with van der Waals surface area (Å²) in [5.74, 6) is -1.30. The number of fused-ring (bicyclic) bond motifs is 1. The third kappa shape index (κ3) is 4.57. The molecule has 1 aliphatic rings. The molecule has 212 valence electrons. The molecule has 10 nitrogen and oxygen atoms in total. The van der Waals surface area contributed by atoms with Gasteiger partial charge < -0.3 is 14.8 Å². The molecule has 1 saturated heterocycles. The summed E-state index contributed by atoms with van der Waals surface area (Å²) in [5.41, 5.74) is -0.291. The van der Waals surface area contributed by atoms with Gasteiger partial charge >= 0.3 is 11.9 Å². The molecule has 1 amide bonds. The quantitative estimate of drug-likeness (QED) is 0.361. The number of amides is 1. The molecule has 0 spiro atoms. The van der Waals surface area contributed by atoms with E-state index >= 15 is 4.39 Å². The second-order valence-corrected chi connectivity index (χ2v) is 10.9. The van der Waals surface area contributed by atoms with Gasteiger partial charge in [-0.25, -0.2) is 19.2 Å². The molecule has 0 aliphatic carbocycles. The van der Waals surface area contributed by atoms with Gasteiger partial charge in [0, 0.05) is 31.1 Å². The van der Waals surface area contributed by atoms with E-state index in [-0.39, 0.29) is 34.9 Å². The zero-order chi connectivity index (χ0) is 29.1. The number of imidazole rings is 1. The molecular formula is C25H25F4N7O3S. The smallest absolute Gasteiger partial charge is 0.357 e. The van der Waals surface area contributed by atoms with Crippen molar-refractivity contribution in [2.45, 2.75) is 44.9 Å². The number of nitrogens with one attached hydrogen (secondary N) is 1. The van der Waals surface area contributed by atoms with Crippen LogP contribution in [0, 0.1) is 12.7 Å². The zero-order valence-electron chi connectivity index (χ0n) is 21.9. The van der Waals surface area contributed by atoms with Crippen LogP contribution in [0.2, 0.25) is 0 Å². The van der Waals surface area contributed by atoms with E-state index < -0.39 is 41.2 Å². The van der Waals surface area contributed by atoms with Gasteiger partial charge in [-0.05, 0) is 38.8 Å². The second-order valence-electron chi connectivity index (χ2n) is 9.68. The van der Waals surface area contributed by atoms with Gasteiger partial charge in [-0.1, -0.05) is 6.07 Å². The van der Waals surface area contributed by atoms with Gasteiger partial charge in [-0.2, -0.15) is 13.2 Å². The van der Waals surface area contributed by atoms with Crippen LogP contribution in [-0.4, -0.2) is 48.3 Å². The van der Waals surface area contributed by atoms with Crippen molar-refractivity contribution < 1.29 is 22.4 Å². The topological polar surface area (TPSA) is 107 Å². The predicted octanol–water partition coefficient (Wildman–Crippen LogP) is 3.74. The van der Waals surface area contributed by atoms with Crippen LogP contribution in [0.1, 0.15) is 30.7 Å².